The van der Waals surface area contributed by atoms with Crippen LogP contribution in [0.2, 0.25) is 0 Å². The van der Waals surface area contributed by atoms with Gasteiger partial charge in [-0.3, -0.25) is 0 Å². The Bertz CT molecular complexity index is 764. The maximum atomic E-state index is 14.7. The molecule has 0 fully saturated rings. The average Bonchev–Trinajstić information content (AvgIpc) is 2.99. The largest absolute Gasteiger partial charge is 0.335 e. The Balaban J connectivity index is 1.87. The lowest BCUT2D eigenvalue weighted by Crippen LogP contribution is -2.45. The number of benzene rings is 2. The molecule has 1 aliphatic carbocycles. The average molecular weight is 372 g/mol. The van der Waals surface area contributed by atoms with Crippen LogP contribution in [0.4, 0.5) is 26.3 Å². The summed E-state index contributed by atoms with van der Waals surface area (Å²) in [6.45, 7) is 1.93. The molecule has 140 valence electrons. The number of alkyl halides is 4. The first-order chi connectivity index (χ1) is 12.2. The van der Waals surface area contributed by atoms with Crippen LogP contribution in [0.25, 0.3) is 0 Å². The first-order valence-corrected chi connectivity index (χ1v) is 8.48. The molecular formula is C20H18F6. The van der Waals surface area contributed by atoms with Crippen LogP contribution in [0.5, 0.6) is 0 Å². The van der Waals surface area contributed by atoms with Gasteiger partial charge in [-0.1, -0.05) is 37.6 Å². The van der Waals surface area contributed by atoms with Crippen LogP contribution in [0.15, 0.2) is 36.4 Å². The monoisotopic (exact) mass is 372 g/mol. The van der Waals surface area contributed by atoms with E-state index < -0.39 is 47.8 Å². The zero-order valence-corrected chi connectivity index (χ0v) is 14.1. The van der Waals surface area contributed by atoms with E-state index in [4.69, 9.17) is 0 Å². The second kappa shape index (κ2) is 6.63. The highest BCUT2D eigenvalue weighted by atomic mass is 19.3. The molecule has 0 aliphatic heterocycles. The van der Waals surface area contributed by atoms with E-state index in [2.05, 4.69) is 0 Å². The summed E-state index contributed by atoms with van der Waals surface area (Å²) < 4.78 is 85.1. The van der Waals surface area contributed by atoms with E-state index in [-0.39, 0.29) is 11.1 Å². The van der Waals surface area contributed by atoms with Crippen molar-refractivity contribution in [2.45, 2.75) is 44.5 Å². The molecule has 1 aliphatic rings. The molecule has 0 spiro atoms. The highest BCUT2D eigenvalue weighted by Crippen LogP contribution is 2.51. The topological polar surface area (TPSA) is 0 Å². The number of aryl methyl sites for hydroxylation is 1. The summed E-state index contributed by atoms with van der Waals surface area (Å²) in [4.78, 5) is 0. The maximum Gasteiger partial charge on any atom is 0.335 e. The van der Waals surface area contributed by atoms with Gasteiger partial charge in [0.25, 0.3) is 0 Å². The van der Waals surface area contributed by atoms with Crippen molar-refractivity contribution in [2.24, 2.45) is 5.92 Å². The third kappa shape index (κ3) is 3.10. The van der Waals surface area contributed by atoms with Crippen molar-refractivity contribution in [2.75, 3.05) is 0 Å². The van der Waals surface area contributed by atoms with E-state index >= 15 is 0 Å². The summed E-state index contributed by atoms with van der Waals surface area (Å²) in [7, 11) is 0. The molecule has 0 unspecified atom stereocenters. The molecule has 0 N–H and O–H groups in total. The molecule has 2 aromatic carbocycles. The van der Waals surface area contributed by atoms with Crippen molar-refractivity contribution in [3.05, 3.63) is 70.3 Å². The third-order valence-electron chi connectivity index (χ3n) is 4.96. The number of hydrogen-bond donors (Lipinski definition) is 0. The van der Waals surface area contributed by atoms with Crippen molar-refractivity contribution < 1.29 is 26.3 Å². The summed E-state index contributed by atoms with van der Waals surface area (Å²) in [5.74, 6) is -12.8. The Labute approximate surface area is 147 Å². The van der Waals surface area contributed by atoms with Gasteiger partial charge in [0, 0.05) is 11.5 Å². The van der Waals surface area contributed by atoms with Crippen molar-refractivity contribution in [1.29, 1.82) is 0 Å². The van der Waals surface area contributed by atoms with Crippen molar-refractivity contribution in [3.63, 3.8) is 0 Å². The molecular weight excluding hydrogens is 354 g/mol. The zero-order chi connectivity index (χ0) is 19.1. The quantitative estimate of drug-likeness (QED) is 0.560. The minimum absolute atomic E-state index is 0.155. The Morgan fingerprint density at radius 3 is 1.85 bits per heavy atom. The van der Waals surface area contributed by atoms with Crippen molar-refractivity contribution in [1.82, 2.24) is 0 Å². The molecule has 0 heterocycles. The van der Waals surface area contributed by atoms with Crippen LogP contribution in [0, 0.1) is 17.6 Å². The van der Waals surface area contributed by atoms with Crippen molar-refractivity contribution in [3.8, 4) is 0 Å². The van der Waals surface area contributed by atoms with Crippen LogP contribution in [0.1, 0.15) is 35.6 Å². The molecule has 6 heteroatoms. The molecule has 2 aromatic rings. The Morgan fingerprint density at radius 2 is 1.38 bits per heavy atom. The van der Waals surface area contributed by atoms with Gasteiger partial charge in [-0.25, -0.2) is 8.78 Å². The van der Waals surface area contributed by atoms with Gasteiger partial charge in [0.2, 0.25) is 0 Å². The van der Waals surface area contributed by atoms with Crippen LogP contribution in [-0.4, -0.2) is 5.92 Å². The van der Waals surface area contributed by atoms with Gasteiger partial charge in [-0.05, 0) is 48.1 Å². The SMILES string of the molecule is CCCc1ccc(C(F)(F)C(F)(F)C2Cc3cc(F)c(F)cc3C2)cc1. The second-order valence-corrected chi connectivity index (χ2v) is 6.78. The summed E-state index contributed by atoms with van der Waals surface area (Å²) in [6, 6.07) is 6.55. The summed E-state index contributed by atoms with van der Waals surface area (Å²) in [5, 5.41) is 0. The minimum Gasteiger partial charge on any atom is -0.204 e. The van der Waals surface area contributed by atoms with Gasteiger partial charge in [-0.2, -0.15) is 17.6 Å². The molecule has 0 nitrogen and oxygen atoms in total. The number of halogens is 6. The molecule has 0 bridgehead atoms. The summed E-state index contributed by atoms with van der Waals surface area (Å²) >= 11 is 0. The van der Waals surface area contributed by atoms with Gasteiger partial charge >= 0.3 is 11.8 Å². The first kappa shape index (κ1) is 18.8. The lowest BCUT2D eigenvalue weighted by Gasteiger charge is -2.31. The fourth-order valence-electron chi connectivity index (χ4n) is 3.49. The molecule has 0 aromatic heterocycles. The summed E-state index contributed by atoms with van der Waals surface area (Å²) in [6.07, 6.45) is 0.669. The minimum atomic E-state index is -4.37. The molecule has 0 amide bonds. The Hall–Kier alpha value is -1.98. The molecule has 0 radical (unpaired) electrons. The van der Waals surface area contributed by atoms with E-state index in [9.17, 15) is 26.3 Å². The first-order valence-electron chi connectivity index (χ1n) is 8.48. The van der Waals surface area contributed by atoms with E-state index in [1.807, 2.05) is 6.92 Å². The highest BCUT2D eigenvalue weighted by molar-refractivity contribution is 5.36. The van der Waals surface area contributed by atoms with E-state index in [1.165, 1.54) is 12.1 Å². The third-order valence-corrected chi connectivity index (χ3v) is 4.96. The van der Waals surface area contributed by atoms with E-state index in [1.54, 1.807) is 0 Å². The van der Waals surface area contributed by atoms with Gasteiger partial charge in [0.05, 0.1) is 0 Å². The maximum absolute atomic E-state index is 14.7. The number of hydrogen-bond acceptors (Lipinski definition) is 0. The molecule has 3 rings (SSSR count). The smallest absolute Gasteiger partial charge is 0.204 e. The number of fused-ring (bicyclic) bond motifs is 1. The van der Waals surface area contributed by atoms with Crippen LogP contribution in [-0.2, 0) is 25.2 Å². The number of rotatable bonds is 5. The second-order valence-electron chi connectivity index (χ2n) is 6.78. The molecule has 0 saturated heterocycles. The summed E-state index contributed by atoms with van der Waals surface area (Å²) in [5.41, 5.74) is 0.357. The predicted molar refractivity (Wildman–Crippen MR) is 86.5 cm³/mol. The van der Waals surface area contributed by atoms with Crippen LogP contribution in [0.3, 0.4) is 0 Å². The molecule has 26 heavy (non-hydrogen) atoms. The van der Waals surface area contributed by atoms with Gasteiger partial charge in [0.15, 0.2) is 11.6 Å². The standard InChI is InChI=1S/C20H18F6/c1-2-3-12-4-6-15(7-5-12)19(23,24)20(25,26)16-8-13-10-17(21)18(22)11-14(13)9-16/h4-7,10-11,16H,2-3,8-9H2,1H3. The van der Waals surface area contributed by atoms with E-state index in [0.29, 0.717) is 6.42 Å². The fourth-order valence-corrected chi connectivity index (χ4v) is 3.49. The van der Waals surface area contributed by atoms with Gasteiger partial charge in [-0.15, -0.1) is 0 Å². The zero-order valence-electron chi connectivity index (χ0n) is 14.1. The lowest BCUT2D eigenvalue weighted by molar-refractivity contribution is -0.242. The predicted octanol–water partition coefficient (Wildman–Crippen LogP) is 6.06. The van der Waals surface area contributed by atoms with Crippen LogP contribution < -0.4 is 0 Å². The molecule has 0 saturated carbocycles. The van der Waals surface area contributed by atoms with Crippen molar-refractivity contribution >= 4 is 0 Å². The normalized spacial score (nSPS) is 15.3. The lowest BCUT2D eigenvalue weighted by atomic mass is 9.89. The Kier molecular flexibility index (Phi) is 4.80. The van der Waals surface area contributed by atoms with Gasteiger partial charge < -0.3 is 0 Å². The molecule has 0 atom stereocenters. The van der Waals surface area contributed by atoms with Gasteiger partial charge in [0.1, 0.15) is 0 Å². The highest BCUT2D eigenvalue weighted by Gasteiger charge is 2.62. The van der Waals surface area contributed by atoms with E-state index in [0.717, 1.165) is 36.2 Å². The van der Waals surface area contributed by atoms with Crippen LogP contribution >= 0.6 is 0 Å². The fraction of sp³-hybridized carbons (Fsp3) is 0.400. The Morgan fingerprint density at radius 1 is 0.885 bits per heavy atom.